The van der Waals surface area contributed by atoms with Crippen LogP contribution in [-0.4, -0.2) is 55.1 Å². The highest BCUT2D eigenvalue weighted by Crippen LogP contribution is 2.20. The molecule has 2 aliphatic heterocycles. The molecule has 2 amide bonds. The number of urea groups is 1. The molecule has 2 unspecified atom stereocenters. The van der Waals surface area contributed by atoms with E-state index in [0.29, 0.717) is 11.8 Å². The van der Waals surface area contributed by atoms with Crippen LogP contribution in [0.5, 0.6) is 0 Å². The van der Waals surface area contributed by atoms with Crippen LogP contribution in [0.25, 0.3) is 0 Å². The second kappa shape index (κ2) is 7.30. The van der Waals surface area contributed by atoms with Gasteiger partial charge in [0.05, 0.1) is 0 Å². The first kappa shape index (κ1) is 15.6. The van der Waals surface area contributed by atoms with Crippen molar-refractivity contribution in [3.63, 3.8) is 0 Å². The molecular formula is C16H31N3O. The third kappa shape index (κ3) is 4.65. The summed E-state index contributed by atoms with van der Waals surface area (Å²) in [4.78, 5) is 16.7. The van der Waals surface area contributed by atoms with Crippen LogP contribution >= 0.6 is 0 Å². The lowest BCUT2D eigenvalue weighted by Gasteiger charge is -2.35. The van der Waals surface area contributed by atoms with E-state index in [4.69, 9.17) is 0 Å². The fourth-order valence-electron chi connectivity index (χ4n) is 3.55. The van der Waals surface area contributed by atoms with Gasteiger partial charge in [0.15, 0.2) is 0 Å². The van der Waals surface area contributed by atoms with Crippen LogP contribution < -0.4 is 5.32 Å². The van der Waals surface area contributed by atoms with Crippen molar-refractivity contribution < 1.29 is 4.79 Å². The SMILES string of the molecule is CC1CCN(CCNC(=O)N2CC(C)CC(C)C2)CC1. The van der Waals surface area contributed by atoms with E-state index in [0.717, 1.165) is 32.1 Å². The monoisotopic (exact) mass is 281 g/mol. The van der Waals surface area contributed by atoms with Crippen LogP contribution in [0.4, 0.5) is 4.79 Å². The number of piperidine rings is 2. The van der Waals surface area contributed by atoms with Crippen LogP contribution in [0, 0.1) is 17.8 Å². The van der Waals surface area contributed by atoms with E-state index in [9.17, 15) is 4.79 Å². The van der Waals surface area contributed by atoms with E-state index in [-0.39, 0.29) is 6.03 Å². The zero-order valence-corrected chi connectivity index (χ0v) is 13.4. The van der Waals surface area contributed by atoms with Crippen molar-refractivity contribution in [3.8, 4) is 0 Å². The van der Waals surface area contributed by atoms with Crippen LogP contribution in [0.3, 0.4) is 0 Å². The van der Waals surface area contributed by atoms with Crippen molar-refractivity contribution in [3.05, 3.63) is 0 Å². The molecule has 0 radical (unpaired) electrons. The average Bonchev–Trinajstić information content (AvgIpc) is 2.40. The minimum Gasteiger partial charge on any atom is -0.337 e. The number of hydrogen-bond acceptors (Lipinski definition) is 2. The molecule has 0 aliphatic carbocycles. The summed E-state index contributed by atoms with van der Waals surface area (Å²) in [6.07, 6.45) is 3.85. The fourth-order valence-corrected chi connectivity index (χ4v) is 3.55. The van der Waals surface area contributed by atoms with Gasteiger partial charge in [-0.25, -0.2) is 4.79 Å². The molecule has 116 valence electrons. The number of rotatable bonds is 3. The highest BCUT2D eigenvalue weighted by molar-refractivity contribution is 5.74. The fraction of sp³-hybridized carbons (Fsp3) is 0.938. The molecule has 2 saturated heterocycles. The Labute approximate surface area is 123 Å². The molecular weight excluding hydrogens is 250 g/mol. The van der Waals surface area contributed by atoms with E-state index in [1.807, 2.05) is 4.90 Å². The Bertz CT molecular complexity index is 303. The van der Waals surface area contributed by atoms with Gasteiger partial charge in [0, 0.05) is 26.2 Å². The van der Waals surface area contributed by atoms with E-state index in [2.05, 4.69) is 31.0 Å². The Kier molecular flexibility index (Phi) is 5.70. The minimum absolute atomic E-state index is 0.133. The number of nitrogens with zero attached hydrogens (tertiary/aromatic N) is 2. The lowest BCUT2D eigenvalue weighted by Crippen LogP contribution is -2.49. The molecule has 0 aromatic rings. The molecule has 0 spiro atoms. The van der Waals surface area contributed by atoms with E-state index < -0.39 is 0 Å². The first-order valence-corrected chi connectivity index (χ1v) is 8.29. The van der Waals surface area contributed by atoms with Gasteiger partial charge in [-0.15, -0.1) is 0 Å². The van der Waals surface area contributed by atoms with Gasteiger partial charge in [0.25, 0.3) is 0 Å². The molecule has 2 atom stereocenters. The predicted octanol–water partition coefficient (Wildman–Crippen LogP) is 2.41. The average molecular weight is 281 g/mol. The smallest absolute Gasteiger partial charge is 0.317 e. The normalized spacial score (nSPS) is 29.4. The second-order valence-corrected chi connectivity index (χ2v) is 7.11. The van der Waals surface area contributed by atoms with Crippen molar-refractivity contribution in [1.29, 1.82) is 0 Å². The molecule has 4 heteroatoms. The maximum atomic E-state index is 12.2. The van der Waals surface area contributed by atoms with Gasteiger partial charge in [-0.05, 0) is 50.1 Å². The molecule has 0 saturated carbocycles. The topological polar surface area (TPSA) is 35.6 Å². The number of likely N-dealkylation sites (tertiary alicyclic amines) is 2. The number of hydrogen-bond donors (Lipinski definition) is 1. The van der Waals surface area contributed by atoms with Gasteiger partial charge in [0.1, 0.15) is 0 Å². The van der Waals surface area contributed by atoms with Crippen molar-refractivity contribution in [1.82, 2.24) is 15.1 Å². The largest absolute Gasteiger partial charge is 0.337 e. The van der Waals surface area contributed by atoms with Crippen molar-refractivity contribution in [2.24, 2.45) is 17.8 Å². The summed E-state index contributed by atoms with van der Waals surface area (Å²) in [6, 6.07) is 0.133. The Morgan fingerprint density at radius 2 is 1.65 bits per heavy atom. The van der Waals surface area contributed by atoms with Gasteiger partial charge in [-0.3, -0.25) is 0 Å². The van der Waals surface area contributed by atoms with Crippen molar-refractivity contribution >= 4 is 6.03 Å². The molecule has 20 heavy (non-hydrogen) atoms. The standard InChI is InChI=1S/C16H31N3O/c1-13-4-7-18(8-5-13)9-6-17-16(20)19-11-14(2)10-15(3)12-19/h13-15H,4-12H2,1-3H3,(H,17,20). The molecule has 4 nitrogen and oxygen atoms in total. The lowest BCUT2D eigenvalue weighted by atomic mass is 9.92. The minimum atomic E-state index is 0.133. The van der Waals surface area contributed by atoms with Crippen LogP contribution in [0.2, 0.25) is 0 Å². The highest BCUT2D eigenvalue weighted by Gasteiger charge is 2.25. The Morgan fingerprint density at radius 1 is 1.05 bits per heavy atom. The molecule has 0 bridgehead atoms. The van der Waals surface area contributed by atoms with E-state index in [1.54, 1.807) is 0 Å². The van der Waals surface area contributed by atoms with E-state index >= 15 is 0 Å². The van der Waals surface area contributed by atoms with Crippen molar-refractivity contribution in [2.45, 2.75) is 40.0 Å². The second-order valence-electron chi connectivity index (χ2n) is 7.11. The Balaban J connectivity index is 1.64. The zero-order chi connectivity index (χ0) is 14.5. The molecule has 2 heterocycles. The summed E-state index contributed by atoms with van der Waals surface area (Å²) in [5.74, 6) is 2.14. The Morgan fingerprint density at radius 3 is 2.25 bits per heavy atom. The summed E-state index contributed by atoms with van der Waals surface area (Å²) in [6.45, 7) is 12.8. The summed E-state index contributed by atoms with van der Waals surface area (Å²) in [7, 11) is 0. The lowest BCUT2D eigenvalue weighted by molar-refractivity contribution is 0.143. The molecule has 2 aliphatic rings. The summed E-state index contributed by atoms with van der Waals surface area (Å²) >= 11 is 0. The number of nitrogens with one attached hydrogen (secondary N) is 1. The number of carbonyl (C=O) groups is 1. The number of amides is 2. The summed E-state index contributed by atoms with van der Waals surface area (Å²) < 4.78 is 0. The third-order valence-electron chi connectivity index (χ3n) is 4.74. The molecule has 1 N–H and O–H groups in total. The molecule has 0 aromatic heterocycles. The number of carbonyl (C=O) groups excluding carboxylic acids is 1. The van der Waals surface area contributed by atoms with Crippen LogP contribution in [0.1, 0.15) is 40.0 Å². The van der Waals surface area contributed by atoms with E-state index in [1.165, 1.54) is 32.4 Å². The summed E-state index contributed by atoms with van der Waals surface area (Å²) in [5.41, 5.74) is 0. The van der Waals surface area contributed by atoms with Gasteiger partial charge in [-0.2, -0.15) is 0 Å². The predicted molar refractivity (Wildman–Crippen MR) is 82.8 cm³/mol. The Hall–Kier alpha value is -0.770. The third-order valence-corrected chi connectivity index (χ3v) is 4.74. The highest BCUT2D eigenvalue weighted by atomic mass is 16.2. The quantitative estimate of drug-likeness (QED) is 0.862. The van der Waals surface area contributed by atoms with Gasteiger partial charge >= 0.3 is 6.03 Å². The first-order chi connectivity index (χ1) is 9.54. The molecule has 2 fully saturated rings. The maximum absolute atomic E-state index is 12.2. The van der Waals surface area contributed by atoms with Crippen molar-refractivity contribution in [2.75, 3.05) is 39.3 Å². The summed E-state index contributed by atoms with van der Waals surface area (Å²) in [5, 5.41) is 3.10. The van der Waals surface area contributed by atoms with Crippen LogP contribution in [-0.2, 0) is 0 Å². The first-order valence-electron chi connectivity index (χ1n) is 8.29. The molecule has 0 aromatic carbocycles. The van der Waals surface area contributed by atoms with Gasteiger partial charge in [0.2, 0.25) is 0 Å². The van der Waals surface area contributed by atoms with Gasteiger partial charge in [-0.1, -0.05) is 20.8 Å². The van der Waals surface area contributed by atoms with Crippen LogP contribution in [0.15, 0.2) is 0 Å². The maximum Gasteiger partial charge on any atom is 0.317 e. The van der Waals surface area contributed by atoms with Gasteiger partial charge < -0.3 is 15.1 Å². The zero-order valence-electron chi connectivity index (χ0n) is 13.4. The molecule has 2 rings (SSSR count).